The van der Waals surface area contributed by atoms with Crippen molar-refractivity contribution in [3.05, 3.63) is 95.6 Å². The number of pyridine rings is 1. The van der Waals surface area contributed by atoms with Gasteiger partial charge < -0.3 is 4.57 Å². The summed E-state index contributed by atoms with van der Waals surface area (Å²) in [7, 11) is -2.28. The van der Waals surface area contributed by atoms with Gasteiger partial charge in [-0.05, 0) is 105 Å². The monoisotopic (exact) mass is 848 g/mol. The Morgan fingerprint density at radius 3 is 1.94 bits per heavy atom. The van der Waals surface area contributed by atoms with Crippen LogP contribution in [-0.2, 0) is 30.1 Å². The maximum atomic E-state index is 14.1. The maximum Gasteiger partial charge on any atom is 0.0978 e. The molecular weight excluding hydrogens is 794 g/mol. The first-order valence-corrected chi connectivity index (χ1v) is 21.2. The SMILES string of the molecule is Cc1[c-]c(-c2ccc3c(C45CC6CC(CC(C6)C4)C5)cccc3n2)cc(C)c1.O=P(c1[c-]cccc1)(C1CCCCC1)C1CCCCC1.[Ir]. The molecule has 6 aliphatic rings. The summed E-state index contributed by atoms with van der Waals surface area (Å²) in [6.45, 7) is 4.26. The summed E-state index contributed by atoms with van der Waals surface area (Å²) in [4.78, 5) is 5.08. The molecule has 0 spiro atoms. The van der Waals surface area contributed by atoms with Crippen LogP contribution in [0.15, 0.2) is 66.7 Å². The molecule has 0 amide bonds. The number of benzene rings is 3. The largest absolute Gasteiger partial charge is 0.320 e. The van der Waals surface area contributed by atoms with Crippen LogP contribution in [0.25, 0.3) is 22.2 Å². The van der Waals surface area contributed by atoms with Crippen LogP contribution in [0.1, 0.15) is 119 Å². The third-order valence-corrected chi connectivity index (χ3v) is 17.3. The fraction of sp³-hybridized carbons (Fsp3) is 0.533. The molecule has 6 fully saturated rings. The van der Waals surface area contributed by atoms with Crippen LogP contribution in [-0.4, -0.2) is 16.3 Å². The zero-order chi connectivity index (χ0) is 32.7. The molecule has 0 atom stereocenters. The number of nitrogens with zero attached hydrogens (tertiary/aromatic N) is 1. The van der Waals surface area contributed by atoms with E-state index in [1.54, 1.807) is 5.56 Å². The Bertz CT molecular complexity index is 1710. The first kappa shape index (κ1) is 35.4. The molecule has 0 N–H and O–H groups in total. The number of hydrogen-bond donors (Lipinski definition) is 0. The van der Waals surface area contributed by atoms with Crippen LogP contribution < -0.4 is 5.30 Å². The molecule has 4 heteroatoms. The zero-order valence-electron chi connectivity index (χ0n) is 29.7. The van der Waals surface area contributed by atoms with Crippen molar-refractivity contribution in [2.45, 2.75) is 133 Å². The number of hydrogen-bond acceptors (Lipinski definition) is 2. The van der Waals surface area contributed by atoms with Gasteiger partial charge >= 0.3 is 0 Å². The van der Waals surface area contributed by atoms with Gasteiger partial charge in [0.1, 0.15) is 0 Å². The van der Waals surface area contributed by atoms with E-state index in [2.05, 4.69) is 74.5 Å². The normalized spacial score (nSPS) is 26.9. The first-order chi connectivity index (χ1) is 23.4. The fourth-order valence-corrected chi connectivity index (χ4v) is 15.7. The third-order valence-electron chi connectivity index (χ3n) is 13.1. The Balaban J connectivity index is 0.000000160. The molecular formula is C45H54IrNOP-2. The predicted molar refractivity (Wildman–Crippen MR) is 202 cm³/mol. The van der Waals surface area contributed by atoms with Crippen molar-refractivity contribution in [2.75, 3.05) is 0 Å². The minimum atomic E-state index is -2.28. The van der Waals surface area contributed by atoms with Crippen LogP contribution in [0.2, 0.25) is 0 Å². The van der Waals surface area contributed by atoms with Crippen molar-refractivity contribution >= 4 is 23.3 Å². The van der Waals surface area contributed by atoms with Crippen molar-refractivity contribution in [2.24, 2.45) is 17.8 Å². The first-order valence-electron chi connectivity index (χ1n) is 19.4. The number of aryl methyl sites for hydroxylation is 2. The molecule has 4 bridgehead atoms. The van der Waals surface area contributed by atoms with Gasteiger partial charge in [0.2, 0.25) is 0 Å². The maximum absolute atomic E-state index is 14.1. The number of rotatable bonds is 5. The van der Waals surface area contributed by atoms with Gasteiger partial charge in [0.25, 0.3) is 0 Å². The van der Waals surface area contributed by atoms with Gasteiger partial charge in [-0.15, -0.1) is 40.2 Å². The predicted octanol–water partition coefficient (Wildman–Crippen LogP) is 11.9. The molecule has 3 aromatic carbocycles. The molecule has 2 nitrogen and oxygen atoms in total. The van der Waals surface area contributed by atoms with Crippen molar-refractivity contribution in [3.63, 3.8) is 0 Å². The topological polar surface area (TPSA) is 30.0 Å². The van der Waals surface area contributed by atoms with Crippen molar-refractivity contribution in [3.8, 4) is 11.3 Å². The summed E-state index contributed by atoms with van der Waals surface area (Å²) in [6.07, 6.45) is 21.2. The van der Waals surface area contributed by atoms with Crippen LogP contribution in [0.4, 0.5) is 0 Å². The van der Waals surface area contributed by atoms with E-state index in [1.165, 1.54) is 119 Å². The van der Waals surface area contributed by atoms with E-state index < -0.39 is 7.14 Å². The van der Waals surface area contributed by atoms with E-state index in [1.807, 2.05) is 18.2 Å². The van der Waals surface area contributed by atoms with Gasteiger partial charge in [-0.2, -0.15) is 30.3 Å². The fourth-order valence-electron chi connectivity index (χ4n) is 11.5. The molecule has 49 heavy (non-hydrogen) atoms. The molecule has 1 heterocycles. The van der Waals surface area contributed by atoms with Gasteiger partial charge in [-0.1, -0.05) is 76.6 Å². The molecule has 0 aliphatic heterocycles. The molecule has 0 unspecified atom stereocenters. The quantitative estimate of drug-likeness (QED) is 0.148. The minimum Gasteiger partial charge on any atom is -0.320 e. The van der Waals surface area contributed by atoms with Crippen molar-refractivity contribution < 1.29 is 24.7 Å². The zero-order valence-corrected chi connectivity index (χ0v) is 33.0. The van der Waals surface area contributed by atoms with E-state index in [9.17, 15) is 4.57 Å². The van der Waals surface area contributed by atoms with E-state index in [4.69, 9.17) is 4.98 Å². The Labute approximate surface area is 309 Å². The Hall–Kier alpha value is -2.05. The molecule has 0 saturated heterocycles. The molecule has 10 rings (SSSR count). The van der Waals surface area contributed by atoms with Gasteiger partial charge in [0.15, 0.2) is 0 Å². The summed E-state index contributed by atoms with van der Waals surface area (Å²) in [5.41, 5.74) is 8.65. The smallest absolute Gasteiger partial charge is 0.0978 e. The van der Waals surface area contributed by atoms with Crippen molar-refractivity contribution in [1.82, 2.24) is 4.98 Å². The minimum absolute atomic E-state index is 0. The average Bonchev–Trinajstić information content (AvgIpc) is 3.11. The van der Waals surface area contributed by atoms with Crippen molar-refractivity contribution in [1.29, 1.82) is 0 Å². The second-order valence-electron chi connectivity index (χ2n) is 16.6. The van der Waals surface area contributed by atoms with Gasteiger partial charge in [0, 0.05) is 36.8 Å². The molecule has 6 aliphatic carbocycles. The number of aromatic nitrogens is 1. The summed E-state index contributed by atoms with van der Waals surface area (Å²) < 4.78 is 14.1. The summed E-state index contributed by atoms with van der Waals surface area (Å²) in [6, 6.07) is 30.7. The average molecular weight is 848 g/mol. The molecule has 1 aromatic heterocycles. The van der Waals surface area contributed by atoms with E-state index in [0.717, 1.165) is 39.8 Å². The second-order valence-corrected chi connectivity index (χ2v) is 19.9. The standard InChI is InChI=1S/C27H28N.C18H26OP.Ir/c1-17-8-18(2)10-22(9-17)25-7-6-23-24(4-3-5-26(23)28-25)27-14-19-11-20(15-27)13-21(12-19)16-27;19-20(16-10-4-1-5-11-16,17-12-6-2-7-13-17)18-14-8-3-9-15-18;/h3-9,19-21H,11-16H2,1-2H3;1,4-5,10,17-18H,2-3,6-9,12-15H2;/q2*-1;. The second kappa shape index (κ2) is 14.9. The van der Waals surface area contributed by atoms with Gasteiger partial charge in [-0.3, -0.25) is 4.98 Å². The van der Waals surface area contributed by atoms with Crippen LogP contribution in [0, 0.1) is 43.7 Å². The van der Waals surface area contributed by atoms with Crippen LogP contribution in [0.5, 0.6) is 0 Å². The van der Waals surface area contributed by atoms with E-state index in [-0.39, 0.29) is 20.1 Å². The number of fused-ring (bicyclic) bond motifs is 1. The van der Waals surface area contributed by atoms with Crippen LogP contribution in [0.3, 0.4) is 0 Å². The molecule has 261 valence electrons. The van der Waals surface area contributed by atoms with Gasteiger partial charge in [-0.25, -0.2) is 0 Å². The Morgan fingerprint density at radius 1 is 0.735 bits per heavy atom. The summed E-state index contributed by atoms with van der Waals surface area (Å²) in [5, 5.41) is 2.44. The Kier molecular flexibility index (Phi) is 10.7. The van der Waals surface area contributed by atoms with Gasteiger partial charge in [0.05, 0.1) is 12.7 Å². The molecule has 1 radical (unpaired) electrons. The van der Waals surface area contributed by atoms with E-state index >= 15 is 0 Å². The molecule has 4 aromatic rings. The summed E-state index contributed by atoms with van der Waals surface area (Å²) >= 11 is 0. The third kappa shape index (κ3) is 7.08. The van der Waals surface area contributed by atoms with E-state index in [0.29, 0.717) is 16.7 Å². The molecule has 6 saturated carbocycles. The summed E-state index contributed by atoms with van der Waals surface area (Å²) in [5.74, 6) is 2.91. The Morgan fingerprint density at radius 2 is 1.37 bits per heavy atom. The van der Waals surface area contributed by atoms with Crippen LogP contribution >= 0.6 is 7.14 Å².